The molecule has 0 spiro atoms. The monoisotopic (exact) mass is 184 g/mol. The lowest BCUT2D eigenvalue weighted by molar-refractivity contribution is -0.130. The molecule has 3 heteroatoms. The van der Waals surface area contributed by atoms with Crippen LogP contribution in [0.2, 0.25) is 0 Å². The van der Waals surface area contributed by atoms with E-state index < -0.39 is 0 Å². The van der Waals surface area contributed by atoms with Gasteiger partial charge in [0.15, 0.2) is 0 Å². The molecule has 1 saturated carbocycles. The third-order valence-corrected chi connectivity index (χ3v) is 2.71. The summed E-state index contributed by atoms with van der Waals surface area (Å²) in [6.45, 7) is 5.01. The van der Waals surface area contributed by atoms with Gasteiger partial charge in [0, 0.05) is 26.1 Å². The van der Waals surface area contributed by atoms with E-state index in [9.17, 15) is 4.79 Å². The van der Waals surface area contributed by atoms with Gasteiger partial charge in [0.05, 0.1) is 0 Å². The number of rotatable bonds is 4. The Morgan fingerprint density at radius 3 is 2.62 bits per heavy atom. The van der Waals surface area contributed by atoms with E-state index in [2.05, 4.69) is 6.92 Å². The zero-order valence-corrected chi connectivity index (χ0v) is 8.79. The summed E-state index contributed by atoms with van der Waals surface area (Å²) in [5, 5.41) is 0. The number of nitrogens with zero attached hydrogens (tertiary/aromatic N) is 1. The van der Waals surface area contributed by atoms with Crippen molar-refractivity contribution in [3.05, 3.63) is 0 Å². The van der Waals surface area contributed by atoms with Crippen molar-refractivity contribution in [3.8, 4) is 0 Å². The first-order valence-corrected chi connectivity index (χ1v) is 5.00. The van der Waals surface area contributed by atoms with Crippen LogP contribution < -0.4 is 5.73 Å². The van der Waals surface area contributed by atoms with Crippen LogP contribution in [0.3, 0.4) is 0 Å². The molecule has 2 N–H and O–H groups in total. The molecule has 3 nitrogen and oxygen atoms in total. The molecular formula is C10H20N2O. The van der Waals surface area contributed by atoms with Gasteiger partial charge in [-0.15, -0.1) is 0 Å². The van der Waals surface area contributed by atoms with Crippen LogP contribution in [0.1, 0.15) is 26.7 Å². The maximum atomic E-state index is 11.5. The minimum absolute atomic E-state index is 0.0217. The van der Waals surface area contributed by atoms with Gasteiger partial charge in [-0.1, -0.05) is 6.92 Å². The van der Waals surface area contributed by atoms with Crippen LogP contribution in [0.25, 0.3) is 0 Å². The van der Waals surface area contributed by atoms with E-state index in [1.54, 1.807) is 0 Å². The summed E-state index contributed by atoms with van der Waals surface area (Å²) in [5.74, 6) is 1.72. The lowest BCUT2D eigenvalue weighted by Crippen LogP contribution is -2.33. The van der Waals surface area contributed by atoms with E-state index in [-0.39, 0.29) is 11.9 Å². The Morgan fingerprint density at radius 1 is 1.69 bits per heavy atom. The zero-order valence-electron chi connectivity index (χ0n) is 8.79. The number of hydrogen-bond donors (Lipinski definition) is 1. The summed E-state index contributed by atoms with van der Waals surface area (Å²) in [4.78, 5) is 13.3. The minimum Gasteiger partial charge on any atom is -0.345 e. The van der Waals surface area contributed by atoms with E-state index in [0.29, 0.717) is 6.42 Å². The van der Waals surface area contributed by atoms with Gasteiger partial charge in [0.25, 0.3) is 0 Å². The third-order valence-electron chi connectivity index (χ3n) is 2.71. The normalized spacial score (nSPS) is 28.3. The van der Waals surface area contributed by atoms with Crippen LogP contribution in [0, 0.1) is 11.8 Å². The molecule has 0 saturated heterocycles. The molecule has 1 amide bonds. The van der Waals surface area contributed by atoms with Gasteiger partial charge in [-0.2, -0.15) is 0 Å². The highest BCUT2D eigenvalue weighted by atomic mass is 16.2. The van der Waals surface area contributed by atoms with Gasteiger partial charge in [-0.05, 0) is 25.2 Å². The third kappa shape index (κ3) is 3.35. The van der Waals surface area contributed by atoms with Gasteiger partial charge < -0.3 is 10.6 Å². The molecule has 1 rings (SSSR count). The van der Waals surface area contributed by atoms with Gasteiger partial charge in [0.2, 0.25) is 5.91 Å². The summed E-state index contributed by atoms with van der Waals surface area (Å²) in [6, 6.07) is -0.0217. The van der Waals surface area contributed by atoms with Crippen LogP contribution in [0.4, 0.5) is 0 Å². The molecule has 13 heavy (non-hydrogen) atoms. The predicted molar refractivity (Wildman–Crippen MR) is 53.2 cm³/mol. The lowest BCUT2D eigenvalue weighted by atomic mass is 10.2. The molecule has 0 aliphatic heterocycles. The maximum absolute atomic E-state index is 11.5. The molecule has 0 bridgehead atoms. The standard InChI is InChI=1S/C10H20N2O/c1-7-4-9(7)6-12(3)10(13)5-8(2)11/h7-9H,4-6,11H2,1-3H3. The minimum atomic E-state index is -0.0217. The van der Waals surface area contributed by atoms with E-state index in [4.69, 9.17) is 5.73 Å². The Morgan fingerprint density at radius 2 is 2.23 bits per heavy atom. The van der Waals surface area contributed by atoms with Crippen molar-refractivity contribution in [2.24, 2.45) is 17.6 Å². The van der Waals surface area contributed by atoms with E-state index in [0.717, 1.165) is 18.4 Å². The van der Waals surface area contributed by atoms with Crippen LogP contribution in [0.5, 0.6) is 0 Å². The highest BCUT2D eigenvalue weighted by molar-refractivity contribution is 5.76. The second-order valence-corrected chi connectivity index (χ2v) is 4.43. The van der Waals surface area contributed by atoms with E-state index in [1.165, 1.54) is 6.42 Å². The predicted octanol–water partition coefficient (Wildman–Crippen LogP) is 0.838. The Bertz CT molecular complexity index is 191. The molecule has 3 unspecified atom stereocenters. The number of amides is 1. The van der Waals surface area contributed by atoms with Crippen molar-refractivity contribution in [2.75, 3.05) is 13.6 Å². The second kappa shape index (κ2) is 4.09. The quantitative estimate of drug-likeness (QED) is 0.703. The van der Waals surface area contributed by atoms with E-state index in [1.807, 2.05) is 18.9 Å². The summed E-state index contributed by atoms with van der Waals surface area (Å²) >= 11 is 0. The van der Waals surface area contributed by atoms with Gasteiger partial charge >= 0.3 is 0 Å². The molecule has 3 atom stereocenters. The van der Waals surface area contributed by atoms with Crippen molar-refractivity contribution >= 4 is 5.91 Å². The fraction of sp³-hybridized carbons (Fsp3) is 0.900. The van der Waals surface area contributed by atoms with Crippen molar-refractivity contribution in [2.45, 2.75) is 32.7 Å². The zero-order chi connectivity index (χ0) is 10.0. The summed E-state index contributed by atoms with van der Waals surface area (Å²) in [6.07, 6.45) is 1.74. The number of nitrogens with two attached hydrogens (primary N) is 1. The molecule has 0 aromatic heterocycles. The van der Waals surface area contributed by atoms with Crippen LogP contribution >= 0.6 is 0 Å². The average molecular weight is 184 g/mol. The molecule has 0 radical (unpaired) electrons. The average Bonchev–Trinajstić information content (AvgIpc) is 2.64. The molecule has 76 valence electrons. The van der Waals surface area contributed by atoms with Crippen molar-refractivity contribution in [1.82, 2.24) is 4.90 Å². The van der Waals surface area contributed by atoms with Gasteiger partial charge in [-0.25, -0.2) is 0 Å². The summed E-state index contributed by atoms with van der Waals surface area (Å²) in [5.41, 5.74) is 5.56. The first kappa shape index (κ1) is 10.5. The van der Waals surface area contributed by atoms with E-state index >= 15 is 0 Å². The molecule has 1 aliphatic rings. The molecule has 0 heterocycles. The molecule has 0 aromatic carbocycles. The fourth-order valence-electron chi connectivity index (χ4n) is 1.54. The lowest BCUT2D eigenvalue weighted by Gasteiger charge is -2.18. The topological polar surface area (TPSA) is 46.3 Å². The number of carbonyl (C=O) groups excluding carboxylic acids is 1. The maximum Gasteiger partial charge on any atom is 0.223 e. The first-order chi connectivity index (χ1) is 6.00. The Balaban J connectivity index is 2.22. The largest absolute Gasteiger partial charge is 0.345 e. The fourth-order valence-corrected chi connectivity index (χ4v) is 1.54. The number of hydrogen-bond acceptors (Lipinski definition) is 2. The molecular weight excluding hydrogens is 164 g/mol. The van der Waals surface area contributed by atoms with Crippen LogP contribution in [-0.4, -0.2) is 30.4 Å². The van der Waals surface area contributed by atoms with Crippen molar-refractivity contribution < 1.29 is 4.79 Å². The summed E-state index contributed by atoms with van der Waals surface area (Å²) < 4.78 is 0. The van der Waals surface area contributed by atoms with Crippen LogP contribution in [-0.2, 0) is 4.79 Å². The van der Waals surface area contributed by atoms with Crippen molar-refractivity contribution in [1.29, 1.82) is 0 Å². The molecule has 1 aliphatic carbocycles. The SMILES string of the molecule is CC(N)CC(=O)N(C)CC1CC1C. The second-order valence-electron chi connectivity index (χ2n) is 4.43. The van der Waals surface area contributed by atoms with Gasteiger partial charge in [0.1, 0.15) is 0 Å². The summed E-state index contributed by atoms with van der Waals surface area (Å²) in [7, 11) is 1.87. The molecule has 1 fully saturated rings. The van der Waals surface area contributed by atoms with Crippen molar-refractivity contribution in [3.63, 3.8) is 0 Å². The Hall–Kier alpha value is -0.570. The highest BCUT2D eigenvalue weighted by Gasteiger charge is 2.34. The number of carbonyl (C=O) groups is 1. The first-order valence-electron chi connectivity index (χ1n) is 5.00. The van der Waals surface area contributed by atoms with Crippen LogP contribution in [0.15, 0.2) is 0 Å². The smallest absolute Gasteiger partial charge is 0.223 e. The van der Waals surface area contributed by atoms with Gasteiger partial charge in [-0.3, -0.25) is 4.79 Å². The highest BCUT2D eigenvalue weighted by Crippen LogP contribution is 2.37. The molecule has 0 aromatic rings. The Labute approximate surface area is 80.3 Å². The Kier molecular flexibility index (Phi) is 3.31.